The normalized spacial score (nSPS) is 14.3. The molecule has 0 aliphatic carbocycles. The minimum Gasteiger partial charge on any atom is -0.398 e. The first-order valence-electron chi connectivity index (χ1n) is 8.36. The molecule has 1 aromatic heterocycles. The van der Waals surface area contributed by atoms with Gasteiger partial charge in [-0.15, -0.1) is 0 Å². The summed E-state index contributed by atoms with van der Waals surface area (Å²) in [6.07, 6.45) is 2.91. The van der Waals surface area contributed by atoms with Gasteiger partial charge in [-0.25, -0.2) is 9.67 Å². The van der Waals surface area contributed by atoms with E-state index in [1.165, 1.54) is 23.4 Å². The molecule has 27 heavy (non-hydrogen) atoms. The zero-order chi connectivity index (χ0) is 19.4. The van der Waals surface area contributed by atoms with E-state index in [-0.39, 0.29) is 12.2 Å². The number of carbonyl (C=O) groups is 1. The fourth-order valence-electron chi connectivity index (χ4n) is 2.90. The molecular weight excluding hydrogens is 366 g/mol. The molecule has 0 spiro atoms. The van der Waals surface area contributed by atoms with Gasteiger partial charge in [0.2, 0.25) is 0 Å². The molecule has 0 saturated carbocycles. The van der Waals surface area contributed by atoms with Crippen LogP contribution in [-0.2, 0) is 12.1 Å². The summed E-state index contributed by atoms with van der Waals surface area (Å²) >= 11 is 5.89. The summed E-state index contributed by atoms with van der Waals surface area (Å²) in [5.41, 5.74) is 5.70. The van der Waals surface area contributed by atoms with E-state index in [1.54, 1.807) is 31.2 Å². The quantitative estimate of drug-likeness (QED) is 0.564. The minimum absolute atomic E-state index is 0.120. The molecule has 140 valence electrons. The number of carbonyl (C=O) groups excluding carboxylic acids is 1. The van der Waals surface area contributed by atoms with Gasteiger partial charge in [-0.1, -0.05) is 41.9 Å². The fraction of sp³-hybridized carbons (Fsp3) is 0.211. The molecule has 3 rings (SSSR count). The Kier molecular flexibility index (Phi) is 5.43. The molecule has 8 heteroatoms. The lowest BCUT2D eigenvalue weighted by Gasteiger charge is -2.35. The van der Waals surface area contributed by atoms with Crippen molar-refractivity contribution in [3.05, 3.63) is 77.3 Å². The zero-order valence-electron chi connectivity index (χ0n) is 14.7. The molecule has 0 aliphatic rings. The third-order valence-electron chi connectivity index (χ3n) is 4.47. The highest BCUT2D eigenvalue weighted by atomic mass is 35.5. The van der Waals surface area contributed by atoms with Gasteiger partial charge in [0, 0.05) is 10.7 Å². The highest BCUT2D eigenvalue weighted by Crippen LogP contribution is 2.28. The van der Waals surface area contributed by atoms with Crippen LogP contribution in [0.5, 0.6) is 0 Å². The van der Waals surface area contributed by atoms with E-state index in [4.69, 9.17) is 17.3 Å². The van der Waals surface area contributed by atoms with Gasteiger partial charge < -0.3 is 16.2 Å². The number of anilines is 1. The maximum Gasteiger partial charge on any atom is 0.253 e. The summed E-state index contributed by atoms with van der Waals surface area (Å²) in [7, 11) is 0. The first-order chi connectivity index (χ1) is 12.9. The second-order valence-electron chi connectivity index (χ2n) is 6.31. The Balaban J connectivity index is 1.88. The number of hydrogen-bond acceptors (Lipinski definition) is 5. The Morgan fingerprint density at radius 1 is 1.33 bits per heavy atom. The van der Waals surface area contributed by atoms with E-state index >= 15 is 0 Å². The van der Waals surface area contributed by atoms with Crippen LogP contribution in [0, 0.1) is 0 Å². The van der Waals surface area contributed by atoms with Crippen LogP contribution in [0.1, 0.15) is 22.8 Å². The van der Waals surface area contributed by atoms with E-state index in [2.05, 4.69) is 15.4 Å². The van der Waals surface area contributed by atoms with Crippen LogP contribution in [0.15, 0.2) is 61.2 Å². The molecule has 0 aliphatic heterocycles. The number of aliphatic hydroxyl groups is 1. The summed E-state index contributed by atoms with van der Waals surface area (Å²) in [4.78, 5) is 16.6. The predicted molar refractivity (Wildman–Crippen MR) is 103 cm³/mol. The van der Waals surface area contributed by atoms with Crippen molar-refractivity contribution in [2.75, 3.05) is 5.73 Å². The molecule has 0 radical (unpaired) electrons. The van der Waals surface area contributed by atoms with Gasteiger partial charge in [-0.05, 0) is 30.7 Å². The van der Waals surface area contributed by atoms with Crippen LogP contribution in [0.25, 0.3) is 0 Å². The number of benzene rings is 2. The van der Waals surface area contributed by atoms with Crippen LogP contribution >= 0.6 is 11.6 Å². The van der Waals surface area contributed by atoms with Crippen molar-refractivity contribution in [3.63, 3.8) is 0 Å². The first kappa shape index (κ1) is 18.9. The SMILES string of the molecule is C[C@H](NC(=O)c1ccc(Cl)cc1N)[C@](O)(Cn1cncn1)c1ccccc1. The smallest absolute Gasteiger partial charge is 0.253 e. The van der Waals surface area contributed by atoms with Gasteiger partial charge in [-0.2, -0.15) is 5.10 Å². The monoisotopic (exact) mass is 385 g/mol. The number of rotatable bonds is 6. The Hall–Kier alpha value is -2.90. The van der Waals surface area contributed by atoms with Gasteiger partial charge in [0.1, 0.15) is 18.3 Å². The molecule has 0 unspecified atom stereocenters. The average molecular weight is 386 g/mol. The molecule has 0 fully saturated rings. The number of nitrogens with one attached hydrogen (secondary N) is 1. The molecule has 3 aromatic rings. The molecule has 2 atom stereocenters. The molecule has 1 heterocycles. The summed E-state index contributed by atoms with van der Waals surface area (Å²) < 4.78 is 1.52. The van der Waals surface area contributed by atoms with Gasteiger partial charge in [0.05, 0.1) is 18.2 Å². The molecule has 1 amide bonds. The maximum absolute atomic E-state index is 12.7. The number of amides is 1. The van der Waals surface area contributed by atoms with Crippen LogP contribution in [0.2, 0.25) is 5.02 Å². The largest absolute Gasteiger partial charge is 0.398 e. The number of nitrogens with zero attached hydrogens (tertiary/aromatic N) is 3. The van der Waals surface area contributed by atoms with Crippen molar-refractivity contribution >= 4 is 23.2 Å². The number of aromatic nitrogens is 3. The van der Waals surface area contributed by atoms with Crippen LogP contribution in [0.4, 0.5) is 5.69 Å². The Morgan fingerprint density at radius 3 is 2.70 bits per heavy atom. The lowest BCUT2D eigenvalue weighted by atomic mass is 9.86. The summed E-state index contributed by atoms with van der Waals surface area (Å²) in [6.45, 7) is 1.85. The van der Waals surface area contributed by atoms with Gasteiger partial charge in [0.25, 0.3) is 5.91 Å². The summed E-state index contributed by atoms with van der Waals surface area (Å²) in [5, 5.41) is 18.8. The third kappa shape index (κ3) is 4.10. The van der Waals surface area contributed by atoms with E-state index in [1.807, 2.05) is 18.2 Å². The van der Waals surface area contributed by atoms with Crippen LogP contribution < -0.4 is 11.1 Å². The number of halogens is 1. The highest BCUT2D eigenvalue weighted by molar-refractivity contribution is 6.31. The van der Waals surface area contributed by atoms with Crippen molar-refractivity contribution in [2.45, 2.75) is 25.1 Å². The Morgan fingerprint density at radius 2 is 2.07 bits per heavy atom. The van der Waals surface area contributed by atoms with E-state index in [0.717, 1.165) is 0 Å². The average Bonchev–Trinajstić information content (AvgIpc) is 3.15. The maximum atomic E-state index is 12.7. The van der Waals surface area contributed by atoms with Gasteiger partial charge >= 0.3 is 0 Å². The lowest BCUT2D eigenvalue weighted by molar-refractivity contribution is -0.0156. The molecular formula is C19H20ClN5O2. The minimum atomic E-state index is -1.41. The van der Waals surface area contributed by atoms with E-state index in [0.29, 0.717) is 16.1 Å². The summed E-state index contributed by atoms with van der Waals surface area (Å²) in [6, 6.07) is 13.1. The van der Waals surface area contributed by atoms with Crippen molar-refractivity contribution in [1.82, 2.24) is 20.1 Å². The Bertz CT molecular complexity index is 917. The second kappa shape index (κ2) is 7.77. The predicted octanol–water partition coefficient (Wildman–Crippen LogP) is 2.22. The third-order valence-corrected chi connectivity index (χ3v) is 4.70. The molecule has 0 bridgehead atoms. The van der Waals surface area contributed by atoms with E-state index < -0.39 is 17.6 Å². The van der Waals surface area contributed by atoms with Gasteiger partial charge in [-0.3, -0.25) is 4.79 Å². The molecule has 7 nitrogen and oxygen atoms in total. The number of nitrogen functional groups attached to an aromatic ring is 1. The second-order valence-corrected chi connectivity index (χ2v) is 6.75. The van der Waals surface area contributed by atoms with Crippen LogP contribution in [0.3, 0.4) is 0 Å². The van der Waals surface area contributed by atoms with E-state index in [9.17, 15) is 9.90 Å². The standard InChI is InChI=1S/C19H20ClN5O2/c1-13(24-18(26)16-8-7-15(20)9-17(16)21)19(27,10-25-12-22-11-23-25)14-5-3-2-4-6-14/h2-9,11-13,27H,10,21H2,1H3,(H,24,26)/t13-,19+/m0/s1. The van der Waals surface area contributed by atoms with Crippen LogP contribution in [-0.4, -0.2) is 31.8 Å². The Labute approximate surface area is 161 Å². The molecule has 0 saturated heterocycles. The summed E-state index contributed by atoms with van der Waals surface area (Å²) in [5.74, 6) is -0.399. The first-order valence-corrected chi connectivity index (χ1v) is 8.74. The number of nitrogens with two attached hydrogens (primary N) is 1. The van der Waals surface area contributed by atoms with Gasteiger partial charge in [0.15, 0.2) is 0 Å². The number of hydrogen-bond donors (Lipinski definition) is 3. The molecule has 2 aromatic carbocycles. The fourth-order valence-corrected chi connectivity index (χ4v) is 3.08. The van der Waals surface area contributed by atoms with Crippen molar-refractivity contribution in [1.29, 1.82) is 0 Å². The van der Waals surface area contributed by atoms with Crippen molar-refractivity contribution < 1.29 is 9.90 Å². The highest BCUT2D eigenvalue weighted by Gasteiger charge is 2.38. The molecule has 4 N–H and O–H groups in total. The zero-order valence-corrected chi connectivity index (χ0v) is 15.5. The lowest BCUT2D eigenvalue weighted by Crippen LogP contribution is -2.51. The van der Waals surface area contributed by atoms with Crippen molar-refractivity contribution in [2.24, 2.45) is 0 Å². The topological polar surface area (TPSA) is 106 Å². The van der Waals surface area contributed by atoms with Crippen molar-refractivity contribution in [3.8, 4) is 0 Å².